The van der Waals surface area contributed by atoms with Crippen molar-refractivity contribution >= 4 is 17.0 Å². The number of hydrogen-bond donors (Lipinski definition) is 1. The van der Waals surface area contributed by atoms with Gasteiger partial charge >= 0.3 is 5.97 Å². The van der Waals surface area contributed by atoms with Crippen LogP contribution in [0.5, 0.6) is 0 Å². The highest BCUT2D eigenvalue weighted by atomic mass is 16.5. The summed E-state index contributed by atoms with van der Waals surface area (Å²) in [5, 5.41) is 8.74. The van der Waals surface area contributed by atoms with Crippen molar-refractivity contribution in [3.8, 4) is 0 Å². The van der Waals surface area contributed by atoms with E-state index in [2.05, 4.69) is 4.98 Å². The summed E-state index contributed by atoms with van der Waals surface area (Å²) in [5.74, 6) is -0.00706. The molecule has 1 aromatic heterocycles. The van der Waals surface area contributed by atoms with E-state index in [4.69, 9.17) is 9.84 Å². The highest BCUT2D eigenvalue weighted by Crippen LogP contribution is 2.17. The number of benzene rings is 1. The van der Waals surface area contributed by atoms with Crippen LogP contribution in [0.3, 0.4) is 0 Å². The predicted octanol–water partition coefficient (Wildman–Crippen LogP) is 1.35. The average molecular weight is 234 g/mol. The van der Waals surface area contributed by atoms with Gasteiger partial charge in [-0.15, -0.1) is 0 Å². The van der Waals surface area contributed by atoms with Crippen molar-refractivity contribution in [2.24, 2.45) is 7.05 Å². The van der Waals surface area contributed by atoms with Crippen LogP contribution in [0, 0.1) is 0 Å². The maximum absolute atomic E-state index is 10.6. The first-order chi connectivity index (χ1) is 8.11. The van der Waals surface area contributed by atoms with Crippen molar-refractivity contribution < 1.29 is 14.6 Å². The molecular formula is C12H14N2O3. The third kappa shape index (κ3) is 2.29. The number of rotatable bonds is 4. The number of imidazole rings is 1. The maximum Gasteiger partial charge on any atom is 0.307 e. The summed E-state index contributed by atoms with van der Waals surface area (Å²) < 4.78 is 7.00. The zero-order valence-electron chi connectivity index (χ0n) is 9.80. The van der Waals surface area contributed by atoms with Crippen molar-refractivity contribution in [1.29, 1.82) is 0 Å². The van der Waals surface area contributed by atoms with Crippen molar-refractivity contribution in [3.05, 3.63) is 29.6 Å². The highest BCUT2D eigenvalue weighted by Gasteiger charge is 2.09. The van der Waals surface area contributed by atoms with E-state index in [1.54, 1.807) is 7.11 Å². The quantitative estimate of drug-likeness (QED) is 0.867. The Morgan fingerprint density at radius 3 is 2.94 bits per heavy atom. The van der Waals surface area contributed by atoms with E-state index in [0.717, 1.165) is 22.4 Å². The SMILES string of the molecule is COCc1nc2cc(CC(=O)O)ccc2n1C. The molecule has 0 fully saturated rings. The van der Waals surface area contributed by atoms with Crippen LogP contribution in [0.15, 0.2) is 18.2 Å². The van der Waals surface area contributed by atoms with Gasteiger partial charge < -0.3 is 14.4 Å². The number of ether oxygens (including phenoxy) is 1. The van der Waals surface area contributed by atoms with Gasteiger partial charge in [-0.05, 0) is 17.7 Å². The molecule has 1 N–H and O–H groups in total. The van der Waals surface area contributed by atoms with E-state index < -0.39 is 5.97 Å². The molecule has 0 amide bonds. The summed E-state index contributed by atoms with van der Waals surface area (Å²) >= 11 is 0. The van der Waals surface area contributed by atoms with Gasteiger partial charge in [0.05, 0.1) is 17.5 Å². The predicted molar refractivity (Wildman–Crippen MR) is 62.8 cm³/mol. The molecule has 0 aliphatic heterocycles. The first-order valence-corrected chi connectivity index (χ1v) is 5.26. The zero-order valence-corrected chi connectivity index (χ0v) is 9.80. The number of aromatic nitrogens is 2. The number of methoxy groups -OCH3 is 1. The molecule has 17 heavy (non-hydrogen) atoms. The largest absolute Gasteiger partial charge is 0.481 e. The van der Waals surface area contributed by atoms with Crippen LogP contribution in [0.2, 0.25) is 0 Å². The molecule has 0 radical (unpaired) electrons. The molecule has 5 heteroatoms. The molecular weight excluding hydrogens is 220 g/mol. The average Bonchev–Trinajstić information content (AvgIpc) is 2.55. The standard InChI is InChI=1S/C12H14N2O3/c1-14-10-4-3-8(6-12(15)16)5-9(10)13-11(14)7-17-2/h3-5H,6-7H2,1-2H3,(H,15,16). The Bertz CT molecular complexity index is 560. The monoisotopic (exact) mass is 234 g/mol. The number of nitrogens with zero attached hydrogens (tertiary/aromatic N) is 2. The fourth-order valence-corrected chi connectivity index (χ4v) is 1.84. The molecule has 2 aromatic rings. The van der Waals surface area contributed by atoms with Gasteiger partial charge in [-0.1, -0.05) is 6.07 Å². The Labute approximate surface area is 98.6 Å². The highest BCUT2D eigenvalue weighted by molar-refractivity contribution is 5.79. The van der Waals surface area contributed by atoms with Crippen molar-refractivity contribution in [2.45, 2.75) is 13.0 Å². The summed E-state index contributed by atoms with van der Waals surface area (Å²) in [6, 6.07) is 5.51. The van der Waals surface area contributed by atoms with Crippen LogP contribution in [-0.4, -0.2) is 27.7 Å². The number of carboxylic acids is 1. The summed E-state index contributed by atoms with van der Waals surface area (Å²) in [4.78, 5) is 15.0. The molecule has 0 saturated carbocycles. The van der Waals surface area contributed by atoms with Crippen molar-refractivity contribution in [2.75, 3.05) is 7.11 Å². The number of carbonyl (C=O) groups is 1. The summed E-state index contributed by atoms with van der Waals surface area (Å²) in [5.41, 5.74) is 2.54. The minimum absolute atomic E-state index is 0.0200. The Balaban J connectivity index is 2.44. The molecule has 0 bridgehead atoms. The second-order valence-corrected chi connectivity index (χ2v) is 3.91. The van der Waals surface area contributed by atoms with Gasteiger partial charge in [0, 0.05) is 14.2 Å². The summed E-state index contributed by atoms with van der Waals surface area (Å²) in [7, 11) is 3.54. The van der Waals surface area contributed by atoms with Crippen molar-refractivity contribution in [1.82, 2.24) is 9.55 Å². The Hall–Kier alpha value is -1.88. The van der Waals surface area contributed by atoms with Crippen LogP contribution in [0.4, 0.5) is 0 Å². The minimum Gasteiger partial charge on any atom is -0.481 e. The molecule has 0 saturated heterocycles. The Kier molecular flexibility index (Phi) is 3.10. The lowest BCUT2D eigenvalue weighted by Crippen LogP contribution is -2.00. The molecule has 2 rings (SSSR count). The lowest BCUT2D eigenvalue weighted by Gasteiger charge is -2.00. The zero-order chi connectivity index (χ0) is 12.4. The maximum atomic E-state index is 10.6. The van der Waals surface area contributed by atoms with E-state index >= 15 is 0 Å². The van der Waals surface area contributed by atoms with Gasteiger partial charge in [-0.25, -0.2) is 4.98 Å². The van der Waals surface area contributed by atoms with Crippen LogP contribution in [0.25, 0.3) is 11.0 Å². The third-order valence-corrected chi connectivity index (χ3v) is 2.67. The van der Waals surface area contributed by atoms with E-state index in [-0.39, 0.29) is 6.42 Å². The number of fused-ring (bicyclic) bond motifs is 1. The van der Waals surface area contributed by atoms with Crippen LogP contribution < -0.4 is 0 Å². The molecule has 1 aromatic carbocycles. The normalized spacial score (nSPS) is 10.9. The lowest BCUT2D eigenvalue weighted by molar-refractivity contribution is -0.136. The molecule has 90 valence electrons. The van der Waals surface area contributed by atoms with Gasteiger partial charge in [-0.2, -0.15) is 0 Å². The first kappa shape index (κ1) is 11.6. The van der Waals surface area contributed by atoms with E-state index in [1.807, 2.05) is 29.8 Å². The van der Waals surface area contributed by atoms with Crippen LogP contribution >= 0.6 is 0 Å². The molecule has 0 aliphatic carbocycles. The van der Waals surface area contributed by atoms with E-state index in [9.17, 15) is 4.79 Å². The first-order valence-electron chi connectivity index (χ1n) is 5.26. The molecule has 0 atom stereocenters. The second-order valence-electron chi connectivity index (χ2n) is 3.91. The molecule has 1 heterocycles. The lowest BCUT2D eigenvalue weighted by atomic mass is 10.1. The van der Waals surface area contributed by atoms with Crippen molar-refractivity contribution in [3.63, 3.8) is 0 Å². The number of carboxylic acid groups (broad SMARTS) is 1. The van der Waals surface area contributed by atoms with Crippen LogP contribution in [0.1, 0.15) is 11.4 Å². The summed E-state index contributed by atoms with van der Waals surface area (Å²) in [6.07, 6.45) is 0.0200. The van der Waals surface area contributed by atoms with Gasteiger partial charge in [0.1, 0.15) is 12.4 Å². The third-order valence-electron chi connectivity index (χ3n) is 2.67. The fourth-order valence-electron chi connectivity index (χ4n) is 1.84. The van der Waals surface area contributed by atoms with Crippen LogP contribution in [-0.2, 0) is 29.6 Å². The Morgan fingerprint density at radius 1 is 1.53 bits per heavy atom. The smallest absolute Gasteiger partial charge is 0.307 e. The summed E-state index contributed by atoms with van der Waals surface area (Å²) in [6.45, 7) is 0.444. The molecule has 0 spiro atoms. The van der Waals surface area contributed by atoms with Gasteiger partial charge in [0.25, 0.3) is 0 Å². The number of aryl methyl sites for hydroxylation is 1. The topological polar surface area (TPSA) is 64.3 Å². The van der Waals surface area contributed by atoms with E-state index in [1.165, 1.54) is 0 Å². The molecule has 5 nitrogen and oxygen atoms in total. The number of aliphatic carboxylic acids is 1. The molecule has 0 aliphatic rings. The second kappa shape index (κ2) is 4.55. The van der Waals surface area contributed by atoms with Gasteiger partial charge in [-0.3, -0.25) is 4.79 Å². The minimum atomic E-state index is -0.836. The Morgan fingerprint density at radius 2 is 2.29 bits per heavy atom. The molecule has 0 unspecified atom stereocenters. The van der Waals surface area contributed by atoms with E-state index in [0.29, 0.717) is 6.61 Å². The van der Waals surface area contributed by atoms with Gasteiger partial charge in [0.2, 0.25) is 0 Å². The van der Waals surface area contributed by atoms with Gasteiger partial charge in [0.15, 0.2) is 0 Å². The fraction of sp³-hybridized carbons (Fsp3) is 0.333. The number of hydrogen-bond acceptors (Lipinski definition) is 3.